The Morgan fingerprint density at radius 3 is 2.00 bits per heavy atom. The molecule has 23 heavy (non-hydrogen) atoms. The first-order valence-electron chi connectivity index (χ1n) is 5.58. The summed E-state index contributed by atoms with van der Waals surface area (Å²) in [6.07, 6.45) is 0.954. The first-order valence-corrected chi connectivity index (χ1v) is 7.56. The van der Waals surface area contributed by atoms with E-state index in [0.29, 0.717) is 32.7 Å². The van der Waals surface area contributed by atoms with E-state index in [4.69, 9.17) is 22.3 Å². The molecular formula is C10H13ClN6O4S2. The maximum Gasteiger partial charge on any atom is 0.344 e. The second kappa shape index (κ2) is 9.17. The third-order valence-electron chi connectivity index (χ3n) is 2.20. The molecule has 0 aromatic carbocycles. The SMILES string of the molecule is Cl.N=C(N)SCC(=O)n1ccc(=O)n(C(=O)CSC(=N)N)c1=O. The van der Waals surface area contributed by atoms with Crippen LogP contribution >= 0.6 is 35.9 Å². The van der Waals surface area contributed by atoms with Crippen LogP contribution in [0.4, 0.5) is 0 Å². The van der Waals surface area contributed by atoms with Gasteiger partial charge in [-0.2, -0.15) is 4.57 Å². The van der Waals surface area contributed by atoms with Crippen LogP contribution in [0.25, 0.3) is 0 Å². The third kappa shape index (κ3) is 5.92. The summed E-state index contributed by atoms with van der Waals surface area (Å²) >= 11 is 1.36. The van der Waals surface area contributed by atoms with Crippen LogP contribution < -0.4 is 22.7 Å². The van der Waals surface area contributed by atoms with Crippen LogP contribution in [0.5, 0.6) is 0 Å². The molecule has 0 aliphatic heterocycles. The molecule has 0 fully saturated rings. The van der Waals surface area contributed by atoms with Gasteiger partial charge in [0.05, 0.1) is 11.5 Å². The van der Waals surface area contributed by atoms with Crippen LogP contribution in [0.15, 0.2) is 21.9 Å². The van der Waals surface area contributed by atoms with Crippen molar-refractivity contribution < 1.29 is 9.59 Å². The molecule has 0 spiro atoms. The van der Waals surface area contributed by atoms with Gasteiger partial charge in [0.15, 0.2) is 10.3 Å². The quantitative estimate of drug-likeness (QED) is 0.378. The molecule has 1 aromatic heterocycles. The summed E-state index contributed by atoms with van der Waals surface area (Å²) < 4.78 is 0.889. The highest BCUT2D eigenvalue weighted by molar-refractivity contribution is 8.14. The molecule has 13 heteroatoms. The minimum absolute atomic E-state index is 0. The van der Waals surface area contributed by atoms with Gasteiger partial charge < -0.3 is 11.5 Å². The number of hydrogen-bond donors (Lipinski definition) is 4. The normalized spacial score (nSPS) is 9.74. The van der Waals surface area contributed by atoms with E-state index in [1.807, 2.05) is 0 Å². The summed E-state index contributed by atoms with van der Waals surface area (Å²) in [6, 6.07) is 0.897. The van der Waals surface area contributed by atoms with Crippen molar-refractivity contribution in [1.82, 2.24) is 9.13 Å². The van der Waals surface area contributed by atoms with E-state index in [2.05, 4.69) is 0 Å². The van der Waals surface area contributed by atoms with Crippen molar-refractivity contribution in [3.63, 3.8) is 0 Å². The highest BCUT2D eigenvalue weighted by Gasteiger charge is 2.17. The lowest BCUT2D eigenvalue weighted by Crippen LogP contribution is -2.45. The lowest BCUT2D eigenvalue weighted by molar-refractivity contribution is 0.0913. The zero-order valence-electron chi connectivity index (χ0n) is 11.5. The smallest absolute Gasteiger partial charge is 0.344 e. The van der Waals surface area contributed by atoms with E-state index in [1.54, 1.807) is 0 Å². The van der Waals surface area contributed by atoms with Crippen molar-refractivity contribution >= 4 is 58.1 Å². The number of aromatic nitrogens is 2. The van der Waals surface area contributed by atoms with Crippen LogP contribution in [0.3, 0.4) is 0 Å². The monoisotopic (exact) mass is 380 g/mol. The van der Waals surface area contributed by atoms with Gasteiger partial charge in [0.1, 0.15) is 0 Å². The zero-order valence-corrected chi connectivity index (χ0v) is 13.9. The number of thioether (sulfide) groups is 2. The number of rotatable bonds is 4. The summed E-state index contributed by atoms with van der Waals surface area (Å²) in [7, 11) is 0. The number of halogens is 1. The van der Waals surface area contributed by atoms with Crippen LogP contribution in [0.1, 0.15) is 9.59 Å². The largest absolute Gasteiger partial charge is 0.379 e. The Morgan fingerprint density at radius 1 is 1.04 bits per heavy atom. The minimum Gasteiger partial charge on any atom is -0.379 e. The Balaban J connectivity index is 0.00000484. The van der Waals surface area contributed by atoms with Gasteiger partial charge in [-0.25, -0.2) is 9.36 Å². The zero-order chi connectivity index (χ0) is 16.9. The molecule has 1 heterocycles. The summed E-state index contributed by atoms with van der Waals surface area (Å²) in [5.41, 5.74) is 8.16. The molecule has 10 nitrogen and oxygen atoms in total. The summed E-state index contributed by atoms with van der Waals surface area (Å²) in [5, 5.41) is 13.3. The Labute approximate surface area is 144 Å². The van der Waals surface area contributed by atoms with E-state index in [-0.39, 0.29) is 34.2 Å². The fourth-order valence-corrected chi connectivity index (χ4v) is 2.14. The van der Waals surface area contributed by atoms with E-state index in [1.165, 1.54) is 0 Å². The highest BCUT2D eigenvalue weighted by atomic mass is 35.5. The van der Waals surface area contributed by atoms with Gasteiger partial charge in [-0.05, 0) is 0 Å². The number of nitrogens with one attached hydrogen (secondary N) is 2. The minimum atomic E-state index is -1.11. The van der Waals surface area contributed by atoms with Gasteiger partial charge in [0.25, 0.3) is 5.56 Å². The molecule has 0 radical (unpaired) electrons. The number of amidine groups is 2. The van der Waals surface area contributed by atoms with Gasteiger partial charge in [-0.3, -0.25) is 25.2 Å². The van der Waals surface area contributed by atoms with Crippen LogP contribution in [0.2, 0.25) is 0 Å². The van der Waals surface area contributed by atoms with Crippen molar-refractivity contribution in [3.05, 3.63) is 33.1 Å². The van der Waals surface area contributed by atoms with Crippen molar-refractivity contribution in [2.45, 2.75) is 0 Å². The molecule has 0 saturated carbocycles. The molecule has 1 aromatic rings. The van der Waals surface area contributed by atoms with E-state index >= 15 is 0 Å². The average molecular weight is 381 g/mol. The standard InChI is InChI=1S/C10H12N6O4S2.ClH/c11-8(12)21-3-6(18)15-2-1-5(17)16(10(15)20)7(19)4-22-9(13)14;/h1-2H,3-4H2,(H3,11,12)(H3,13,14);1H. The number of nitrogens with zero attached hydrogens (tertiary/aromatic N) is 2. The van der Waals surface area contributed by atoms with E-state index in [0.717, 1.165) is 12.3 Å². The molecule has 0 aliphatic rings. The predicted molar refractivity (Wildman–Crippen MR) is 92.2 cm³/mol. The van der Waals surface area contributed by atoms with E-state index < -0.39 is 23.1 Å². The van der Waals surface area contributed by atoms with Crippen LogP contribution in [0, 0.1) is 10.8 Å². The lowest BCUT2D eigenvalue weighted by atomic mass is 10.5. The molecule has 126 valence electrons. The molecular weight excluding hydrogens is 368 g/mol. The van der Waals surface area contributed by atoms with Gasteiger partial charge >= 0.3 is 5.69 Å². The Bertz CT molecular complexity index is 758. The summed E-state index contributed by atoms with van der Waals surface area (Å²) in [5.74, 6) is -2.29. The van der Waals surface area contributed by atoms with Gasteiger partial charge in [0.2, 0.25) is 11.8 Å². The van der Waals surface area contributed by atoms with Crippen molar-refractivity contribution in [1.29, 1.82) is 10.8 Å². The topological polar surface area (TPSA) is 178 Å². The molecule has 0 atom stereocenters. The number of carbonyl (C=O) groups is 2. The second-order valence-electron chi connectivity index (χ2n) is 3.74. The van der Waals surface area contributed by atoms with Gasteiger partial charge in [-0.1, -0.05) is 23.5 Å². The molecule has 0 bridgehead atoms. The number of hydrogen-bond acceptors (Lipinski definition) is 8. The van der Waals surface area contributed by atoms with Crippen LogP contribution in [-0.4, -0.2) is 42.8 Å². The maximum atomic E-state index is 12.1. The molecule has 0 aliphatic carbocycles. The third-order valence-corrected chi connectivity index (χ3v) is 3.61. The number of carbonyl (C=O) groups excluding carboxylic acids is 2. The molecule has 1 rings (SSSR count). The molecule has 0 saturated heterocycles. The fraction of sp³-hybridized carbons (Fsp3) is 0.200. The second-order valence-corrected chi connectivity index (χ2v) is 5.77. The van der Waals surface area contributed by atoms with Crippen molar-refractivity contribution in [2.75, 3.05) is 11.5 Å². The Hall–Kier alpha value is -2.05. The van der Waals surface area contributed by atoms with Gasteiger partial charge in [0, 0.05) is 12.3 Å². The average Bonchev–Trinajstić information content (AvgIpc) is 2.42. The van der Waals surface area contributed by atoms with Crippen LogP contribution in [-0.2, 0) is 0 Å². The molecule has 0 amide bonds. The first-order chi connectivity index (χ1) is 10.2. The van der Waals surface area contributed by atoms with E-state index in [9.17, 15) is 19.2 Å². The fourth-order valence-electron chi connectivity index (χ4n) is 1.31. The molecule has 6 N–H and O–H groups in total. The van der Waals surface area contributed by atoms with Crippen molar-refractivity contribution in [2.24, 2.45) is 11.5 Å². The summed E-state index contributed by atoms with van der Waals surface area (Å²) in [4.78, 5) is 47.4. The Kier molecular flexibility index (Phi) is 8.35. The number of nitrogens with two attached hydrogens (primary N) is 2. The Morgan fingerprint density at radius 2 is 1.52 bits per heavy atom. The first kappa shape index (κ1) is 20.9. The maximum absolute atomic E-state index is 12.1. The highest BCUT2D eigenvalue weighted by Crippen LogP contribution is 2.00. The predicted octanol–water partition coefficient (Wildman–Crippen LogP) is -1.03. The van der Waals surface area contributed by atoms with Gasteiger partial charge in [-0.15, -0.1) is 12.4 Å². The summed E-state index contributed by atoms with van der Waals surface area (Å²) in [6.45, 7) is 0. The molecule has 0 unspecified atom stereocenters. The van der Waals surface area contributed by atoms with Crippen molar-refractivity contribution in [3.8, 4) is 0 Å². The lowest BCUT2D eigenvalue weighted by Gasteiger charge is -2.07.